The van der Waals surface area contributed by atoms with E-state index in [2.05, 4.69) is 40.2 Å². The van der Waals surface area contributed by atoms with Gasteiger partial charge in [0.2, 0.25) is 0 Å². The summed E-state index contributed by atoms with van der Waals surface area (Å²) in [6, 6.07) is 10.6. The largest absolute Gasteiger partial charge is 0.294 e. The summed E-state index contributed by atoms with van der Waals surface area (Å²) in [5.41, 5.74) is 3.63. The Bertz CT molecular complexity index is 732. The van der Waals surface area contributed by atoms with Crippen LogP contribution in [0.4, 0.5) is 0 Å². The first-order valence-electron chi connectivity index (χ1n) is 9.70. The Morgan fingerprint density at radius 2 is 1.88 bits per heavy atom. The van der Waals surface area contributed by atoms with E-state index in [1.54, 1.807) is 0 Å². The molecule has 5 heteroatoms. The summed E-state index contributed by atoms with van der Waals surface area (Å²) in [5, 5.41) is 1.44. The second-order valence-electron chi connectivity index (χ2n) is 7.37. The number of halogens is 1. The number of hydrogen-bond donors (Lipinski definition) is 0. The van der Waals surface area contributed by atoms with Crippen molar-refractivity contribution in [3.05, 3.63) is 58.1 Å². The van der Waals surface area contributed by atoms with Crippen molar-refractivity contribution in [2.75, 3.05) is 6.54 Å². The number of rotatable bonds is 5. The van der Waals surface area contributed by atoms with Crippen molar-refractivity contribution < 1.29 is 0 Å². The first-order valence-corrected chi connectivity index (χ1v) is 11.1. The quantitative estimate of drug-likeness (QED) is 0.655. The molecule has 1 aromatic carbocycles. The van der Waals surface area contributed by atoms with Gasteiger partial charge in [-0.15, -0.1) is 0 Å². The molecule has 2 aliphatic rings. The van der Waals surface area contributed by atoms with Crippen LogP contribution in [0, 0.1) is 0 Å². The van der Waals surface area contributed by atoms with Crippen molar-refractivity contribution in [3.8, 4) is 0 Å². The van der Waals surface area contributed by atoms with Crippen LogP contribution in [0.2, 0.25) is 5.15 Å². The van der Waals surface area contributed by atoms with E-state index in [9.17, 15) is 0 Å². The number of thioether (sulfide) groups is 1. The van der Waals surface area contributed by atoms with Crippen LogP contribution >= 0.6 is 23.4 Å². The molecule has 3 nitrogen and oxygen atoms in total. The molecular weight excluding hydrogens is 362 g/mol. The molecule has 0 N–H and O–H groups in total. The number of aromatic nitrogens is 2. The topological polar surface area (TPSA) is 29.0 Å². The van der Waals surface area contributed by atoms with Crippen LogP contribution in [0.25, 0.3) is 0 Å². The van der Waals surface area contributed by atoms with E-state index in [1.165, 1.54) is 37.7 Å². The van der Waals surface area contributed by atoms with Crippen molar-refractivity contribution in [3.63, 3.8) is 0 Å². The predicted molar refractivity (Wildman–Crippen MR) is 109 cm³/mol. The monoisotopic (exact) mass is 387 g/mol. The first kappa shape index (κ1) is 18.3. The fraction of sp³-hybridized carbons (Fsp3) is 0.524. The summed E-state index contributed by atoms with van der Waals surface area (Å²) in [6.07, 6.45) is 7.81. The van der Waals surface area contributed by atoms with Crippen molar-refractivity contribution in [2.24, 2.45) is 0 Å². The average Bonchev–Trinajstić information content (AvgIpc) is 2.68. The highest BCUT2D eigenvalue weighted by atomic mass is 35.5. The molecule has 2 aromatic rings. The van der Waals surface area contributed by atoms with Gasteiger partial charge in [0, 0.05) is 36.9 Å². The minimum Gasteiger partial charge on any atom is -0.294 e. The highest BCUT2D eigenvalue weighted by Gasteiger charge is 2.22. The molecule has 0 amide bonds. The van der Waals surface area contributed by atoms with Crippen molar-refractivity contribution >= 4 is 23.4 Å². The lowest BCUT2D eigenvalue weighted by atomic mass is 10.0. The number of nitrogens with zero attached hydrogens (tertiary/aromatic N) is 3. The Morgan fingerprint density at radius 1 is 1.08 bits per heavy atom. The molecule has 1 aliphatic carbocycles. The second kappa shape index (κ2) is 8.73. The smallest absolute Gasteiger partial charge is 0.140 e. The Morgan fingerprint density at radius 3 is 2.69 bits per heavy atom. The highest BCUT2D eigenvalue weighted by molar-refractivity contribution is 7.99. The molecule has 26 heavy (non-hydrogen) atoms. The lowest BCUT2D eigenvalue weighted by Crippen LogP contribution is -2.31. The van der Waals surface area contributed by atoms with Gasteiger partial charge in [0.05, 0.1) is 11.4 Å². The maximum atomic E-state index is 6.55. The Hall–Kier alpha value is -1.10. The van der Waals surface area contributed by atoms with Crippen molar-refractivity contribution in [1.29, 1.82) is 0 Å². The van der Waals surface area contributed by atoms with E-state index in [0.29, 0.717) is 5.15 Å². The normalized spacial score (nSPS) is 18.7. The summed E-state index contributed by atoms with van der Waals surface area (Å²) in [6.45, 7) is 2.83. The minimum atomic E-state index is 0.659. The fourth-order valence-electron chi connectivity index (χ4n) is 3.94. The zero-order chi connectivity index (χ0) is 17.8. The Kier molecular flexibility index (Phi) is 6.13. The molecule has 0 radical (unpaired) electrons. The molecule has 0 atom stereocenters. The second-order valence-corrected chi connectivity index (χ2v) is 9.02. The van der Waals surface area contributed by atoms with E-state index in [0.717, 1.165) is 54.1 Å². The molecule has 0 saturated heterocycles. The summed E-state index contributed by atoms with van der Waals surface area (Å²) < 4.78 is 0. The van der Waals surface area contributed by atoms with Gasteiger partial charge in [-0.25, -0.2) is 9.97 Å². The third-order valence-corrected chi connectivity index (χ3v) is 7.06. The molecular formula is C21H26ClN3S. The summed E-state index contributed by atoms with van der Waals surface area (Å²) in [5.74, 6) is 1.81. The van der Waals surface area contributed by atoms with Gasteiger partial charge >= 0.3 is 0 Å². The number of fused-ring (bicyclic) bond motifs is 1. The van der Waals surface area contributed by atoms with Crippen molar-refractivity contribution in [2.45, 2.75) is 62.6 Å². The zero-order valence-corrected chi connectivity index (χ0v) is 16.7. The number of benzene rings is 1. The third-order valence-electron chi connectivity index (χ3n) is 5.38. The minimum absolute atomic E-state index is 0.659. The van der Waals surface area contributed by atoms with Gasteiger partial charge in [-0.05, 0) is 18.4 Å². The Balaban J connectivity index is 1.40. The van der Waals surface area contributed by atoms with Gasteiger partial charge < -0.3 is 0 Å². The third kappa shape index (κ3) is 4.59. The van der Waals surface area contributed by atoms with E-state index in [4.69, 9.17) is 16.6 Å². The molecule has 138 valence electrons. The van der Waals surface area contributed by atoms with E-state index < -0.39 is 0 Å². The van der Waals surface area contributed by atoms with Crippen LogP contribution in [0.5, 0.6) is 0 Å². The molecule has 0 spiro atoms. The van der Waals surface area contributed by atoms with E-state index in [1.807, 2.05) is 11.8 Å². The molecule has 1 aromatic heterocycles. The molecule has 1 aliphatic heterocycles. The first-order chi connectivity index (χ1) is 12.8. The summed E-state index contributed by atoms with van der Waals surface area (Å²) in [4.78, 5) is 11.9. The van der Waals surface area contributed by atoms with Crippen LogP contribution in [0.3, 0.4) is 0 Å². The standard InChI is InChI=1S/C21H26ClN3S/c22-21-18-14-25(13-16-7-3-1-4-8-16)12-11-19(18)23-20(24-21)15-26-17-9-5-2-6-10-17/h1,3-4,7-8,17H,2,5-6,9-15H2. The average molecular weight is 388 g/mol. The SMILES string of the molecule is Clc1nc(CSC2CCCCC2)nc2c1CN(Cc1ccccc1)CC2. The van der Waals surface area contributed by atoms with Gasteiger partial charge in [0.15, 0.2) is 0 Å². The lowest BCUT2D eigenvalue weighted by Gasteiger charge is -2.29. The van der Waals surface area contributed by atoms with Gasteiger partial charge in [-0.2, -0.15) is 11.8 Å². The van der Waals surface area contributed by atoms with Gasteiger partial charge in [0.25, 0.3) is 0 Å². The highest BCUT2D eigenvalue weighted by Crippen LogP contribution is 2.31. The maximum Gasteiger partial charge on any atom is 0.140 e. The summed E-state index contributed by atoms with van der Waals surface area (Å²) in [7, 11) is 0. The fourth-order valence-corrected chi connectivity index (χ4v) is 5.39. The molecule has 0 bridgehead atoms. The maximum absolute atomic E-state index is 6.55. The lowest BCUT2D eigenvalue weighted by molar-refractivity contribution is 0.242. The summed E-state index contributed by atoms with van der Waals surface area (Å²) >= 11 is 8.57. The van der Waals surface area contributed by atoms with Crippen LogP contribution < -0.4 is 0 Å². The predicted octanol–water partition coefficient (Wildman–Crippen LogP) is 5.25. The van der Waals surface area contributed by atoms with Crippen LogP contribution in [0.15, 0.2) is 30.3 Å². The molecule has 2 heterocycles. The molecule has 1 saturated carbocycles. The van der Waals surface area contributed by atoms with Gasteiger partial charge in [-0.1, -0.05) is 61.2 Å². The van der Waals surface area contributed by atoms with Crippen LogP contribution in [-0.4, -0.2) is 26.7 Å². The molecule has 4 rings (SSSR count). The molecule has 0 unspecified atom stereocenters. The molecule has 1 fully saturated rings. The van der Waals surface area contributed by atoms with Crippen LogP contribution in [-0.2, 0) is 25.3 Å². The van der Waals surface area contributed by atoms with E-state index >= 15 is 0 Å². The van der Waals surface area contributed by atoms with E-state index in [-0.39, 0.29) is 0 Å². The Labute approximate surface area is 165 Å². The number of hydrogen-bond acceptors (Lipinski definition) is 4. The van der Waals surface area contributed by atoms with Gasteiger partial charge in [-0.3, -0.25) is 4.90 Å². The van der Waals surface area contributed by atoms with Crippen molar-refractivity contribution in [1.82, 2.24) is 14.9 Å². The van der Waals surface area contributed by atoms with Gasteiger partial charge in [0.1, 0.15) is 11.0 Å². The zero-order valence-electron chi connectivity index (χ0n) is 15.2. The van der Waals surface area contributed by atoms with Crippen LogP contribution in [0.1, 0.15) is 54.7 Å².